The Labute approximate surface area is 158 Å². The highest BCUT2D eigenvalue weighted by molar-refractivity contribution is 5.99. The molecule has 0 atom stereocenters. The van der Waals surface area contributed by atoms with E-state index in [4.69, 9.17) is 0 Å². The summed E-state index contributed by atoms with van der Waals surface area (Å²) in [5.74, 6) is -0.123. The lowest BCUT2D eigenvalue weighted by Crippen LogP contribution is -2.19. The number of aryl methyl sites for hydroxylation is 1. The molecule has 1 heterocycles. The number of rotatable bonds is 5. The van der Waals surface area contributed by atoms with E-state index in [0.717, 1.165) is 33.8 Å². The van der Waals surface area contributed by atoms with Crippen molar-refractivity contribution in [3.63, 3.8) is 0 Å². The standard InChI is InChI=1S/C23H21N3O/c1-2-26-16-19(21-12-5-6-13-22(21)26)15-24-25-23(27)14-18-10-7-9-17-8-3-4-11-20(17)18/h3-13,15-16H,2,14H2,1H3,(H,25,27)/b24-15-. The van der Waals surface area contributed by atoms with Crippen LogP contribution in [0.2, 0.25) is 0 Å². The zero-order valence-electron chi connectivity index (χ0n) is 15.2. The van der Waals surface area contributed by atoms with Crippen molar-refractivity contribution >= 4 is 33.8 Å². The van der Waals surface area contributed by atoms with Gasteiger partial charge in [0.05, 0.1) is 12.6 Å². The monoisotopic (exact) mass is 355 g/mol. The lowest BCUT2D eigenvalue weighted by Gasteiger charge is -2.05. The van der Waals surface area contributed by atoms with Crippen LogP contribution in [0.15, 0.2) is 78.0 Å². The summed E-state index contributed by atoms with van der Waals surface area (Å²) in [5.41, 5.74) is 5.83. The first kappa shape index (κ1) is 17.0. The Bertz CT molecular complexity index is 1140. The minimum atomic E-state index is -0.123. The molecule has 0 saturated carbocycles. The number of amides is 1. The van der Waals surface area contributed by atoms with E-state index in [0.29, 0.717) is 6.42 Å². The van der Waals surface area contributed by atoms with E-state index in [1.165, 1.54) is 5.52 Å². The maximum Gasteiger partial charge on any atom is 0.244 e. The summed E-state index contributed by atoms with van der Waals surface area (Å²) in [4.78, 5) is 12.3. The molecule has 0 saturated heterocycles. The molecule has 0 aliphatic carbocycles. The molecule has 0 radical (unpaired) electrons. The van der Waals surface area contributed by atoms with E-state index in [1.807, 2.05) is 42.5 Å². The van der Waals surface area contributed by atoms with E-state index in [2.05, 4.69) is 52.5 Å². The van der Waals surface area contributed by atoms with Gasteiger partial charge in [0, 0.05) is 29.2 Å². The van der Waals surface area contributed by atoms with Gasteiger partial charge in [0.25, 0.3) is 0 Å². The number of benzene rings is 3. The summed E-state index contributed by atoms with van der Waals surface area (Å²) in [6.07, 6.45) is 4.08. The van der Waals surface area contributed by atoms with Crippen molar-refractivity contribution in [1.82, 2.24) is 9.99 Å². The van der Waals surface area contributed by atoms with Crippen LogP contribution in [-0.4, -0.2) is 16.7 Å². The highest BCUT2D eigenvalue weighted by Gasteiger charge is 2.07. The molecule has 1 aromatic heterocycles. The van der Waals surface area contributed by atoms with Crippen molar-refractivity contribution in [3.8, 4) is 0 Å². The third-order valence-electron chi connectivity index (χ3n) is 4.78. The molecule has 0 fully saturated rings. The van der Waals surface area contributed by atoms with Crippen LogP contribution >= 0.6 is 0 Å². The smallest absolute Gasteiger partial charge is 0.244 e. The predicted molar refractivity (Wildman–Crippen MR) is 111 cm³/mol. The molecule has 0 unspecified atom stereocenters. The Hall–Kier alpha value is -3.40. The summed E-state index contributed by atoms with van der Waals surface area (Å²) < 4.78 is 2.18. The molecule has 0 aliphatic heterocycles. The van der Waals surface area contributed by atoms with Crippen molar-refractivity contribution in [3.05, 3.63) is 84.1 Å². The number of hydrogen-bond donors (Lipinski definition) is 1. The number of para-hydroxylation sites is 1. The van der Waals surface area contributed by atoms with E-state index in [1.54, 1.807) is 6.21 Å². The average molecular weight is 355 g/mol. The second-order valence-electron chi connectivity index (χ2n) is 6.50. The van der Waals surface area contributed by atoms with Gasteiger partial charge in [-0.15, -0.1) is 0 Å². The van der Waals surface area contributed by atoms with Crippen molar-refractivity contribution in [2.45, 2.75) is 19.9 Å². The summed E-state index contributed by atoms with van der Waals surface area (Å²) in [6.45, 7) is 3.00. The average Bonchev–Trinajstić information content (AvgIpc) is 3.06. The maximum atomic E-state index is 12.3. The van der Waals surface area contributed by atoms with Gasteiger partial charge in [-0.05, 0) is 29.3 Å². The molecule has 1 amide bonds. The van der Waals surface area contributed by atoms with Gasteiger partial charge in [-0.3, -0.25) is 4.79 Å². The number of nitrogens with zero attached hydrogens (tertiary/aromatic N) is 2. The molecule has 0 aliphatic rings. The molecular formula is C23H21N3O. The van der Waals surface area contributed by atoms with E-state index >= 15 is 0 Å². The van der Waals surface area contributed by atoms with Crippen molar-refractivity contribution < 1.29 is 4.79 Å². The number of carbonyl (C=O) groups is 1. The number of carbonyl (C=O) groups excluding carboxylic acids is 1. The maximum absolute atomic E-state index is 12.3. The number of aromatic nitrogens is 1. The third kappa shape index (κ3) is 3.47. The topological polar surface area (TPSA) is 46.4 Å². The van der Waals surface area contributed by atoms with Crippen molar-refractivity contribution in [2.75, 3.05) is 0 Å². The highest BCUT2D eigenvalue weighted by atomic mass is 16.2. The lowest BCUT2D eigenvalue weighted by molar-refractivity contribution is -0.120. The molecule has 1 N–H and O–H groups in total. The molecule has 4 aromatic rings. The van der Waals surface area contributed by atoms with Gasteiger partial charge in [-0.1, -0.05) is 60.7 Å². The Morgan fingerprint density at radius 3 is 2.59 bits per heavy atom. The van der Waals surface area contributed by atoms with Gasteiger partial charge in [-0.2, -0.15) is 5.10 Å². The van der Waals surface area contributed by atoms with Gasteiger partial charge in [0.15, 0.2) is 0 Å². The Morgan fingerprint density at radius 2 is 1.74 bits per heavy atom. The van der Waals surface area contributed by atoms with Crippen LogP contribution in [0, 0.1) is 0 Å². The van der Waals surface area contributed by atoms with Crippen LogP contribution < -0.4 is 5.43 Å². The van der Waals surface area contributed by atoms with Crippen LogP contribution in [0.4, 0.5) is 0 Å². The van der Waals surface area contributed by atoms with E-state index in [9.17, 15) is 4.79 Å². The first-order valence-electron chi connectivity index (χ1n) is 9.12. The summed E-state index contributed by atoms with van der Waals surface area (Å²) in [7, 11) is 0. The fourth-order valence-corrected chi connectivity index (χ4v) is 3.47. The van der Waals surface area contributed by atoms with Gasteiger partial charge in [0.2, 0.25) is 5.91 Å². The normalized spacial score (nSPS) is 11.4. The number of nitrogens with one attached hydrogen (secondary N) is 1. The second kappa shape index (κ2) is 7.46. The first-order chi connectivity index (χ1) is 13.3. The zero-order valence-corrected chi connectivity index (χ0v) is 15.2. The molecular weight excluding hydrogens is 334 g/mol. The van der Waals surface area contributed by atoms with Crippen molar-refractivity contribution in [1.29, 1.82) is 0 Å². The summed E-state index contributed by atoms with van der Waals surface area (Å²) in [6, 6.07) is 22.3. The first-order valence-corrected chi connectivity index (χ1v) is 9.12. The molecule has 0 spiro atoms. The molecule has 0 bridgehead atoms. The molecule has 3 aromatic carbocycles. The van der Waals surface area contributed by atoms with Crippen LogP contribution in [0.1, 0.15) is 18.1 Å². The van der Waals surface area contributed by atoms with Gasteiger partial charge >= 0.3 is 0 Å². The Morgan fingerprint density at radius 1 is 1.00 bits per heavy atom. The van der Waals surface area contributed by atoms with Crippen LogP contribution in [0.5, 0.6) is 0 Å². The minimum Gasteiger partial charge on any atom is -0.347 e. The SMILES string of the molecule is CCn1cc(/C=N\NC(=O)Cc2cccc3ccccc23)c2ccccc21. The predicted octanol–water partition coefficient (Wildman–Crippen LogP) is 4.51. The highest BCUT2D eigenvalue weighted by Crippen LogP contribution is 2.20. The fourth-order valence-electron chi connectivity index (χ4n) is 3.47. The van der Waals surface area contributed by atoms with Crippen LogP contribution in [0.25, 0.3) is 21.7 Å². The summed E-state index contributed by atoms with van der Waals surface area (Å²) >= 11 is 0. The Balaban J connectivity index is 1.49. The fraction of sp³-hybridized carbons (Fsp3) is 0.130. The Kier molecular flexibility index (Phi) is 4.71. The van der Waals surface area contributed by atoms with E-state index in [-0.39, 0.29) is 5.91 Å². The number of fused-ring (bicyclic) bond motifs is 2. The van der Waals surface area contributed by atoms with Gasteiger partial charge < -0.3 is 4.57 Å². The number of hydrazone groups is 1. The summed E-state index contributed by atoms with van der Waals surface area (Å²) in [5, 5.41) is 7.55. The molecule has 4 nitrogen and oxygen atoms in total. The lowest BCUT2D eigenvalue weighted by atomic mass is 10.0. The number of hydrogen-bond acceptors (Lipinski definition) is 2. The van der Waals surface area contributed by atoms with Crippen LogP contribution in [0.3, 0.4) is 0 Å². The van der Waals surface area contributed by atoms with Gasteiger partial charge in [0.1, 0.15) is 0 Å². The second-order valence-corrected chi connectivity index (χ2v) is 6.50. The quantitative estimate of drug-likeness (QED) is 0.416. The zero-order chi connectivity index (χ0) is 18.6. The largest absolute Gasteiger partial charge is 0.347 e. The minimum absolute atomic E-state index is 0.123. The molecule has 134 valence electrons. The molecule has 27 heavy (non-hydrogen) atoms. The molecule has 4 rings (SSSR count). The van der Waals surface area contributed by atoms with Crippen LogP contribution in [-0.2, 0) is 17.8 Å². The molecule has 4 heteroatoms. The van der Waals surface area contributed by atoms with Crippen molar-refractivity contribution in [2.24, 2.45) is 5.10 Å². The van der Waals surface area contributed by atoms with Gasteiger partial charge in [-0.25, -0.2) is 5.43 Å². The van der Waals surface area contributed by atoms with E-state index < -0.39 is 0 Å². The third-order valence-corrected chi connectivity index (χ3v) is 4.78.